The van der Waals surface area contributed by atoms with Gasteiger partial charge < -0.3 is 19.2 Å². The Morgan fingerprint density at radius 2 is 1.57 bits per heavy atom. The van der Waals surface area contributed by atoms with E-state index in [9.17, 15) is 9.59 Å². The van der Waals surface area contributed by atoms with Gasteiger partial charge in [0, 0.05) is 68.8 Å². The standard InChI is InChI=1S/C39H39N7O5/c1-23-44-45-37(49-23)26-19-40-38(41-20-26)51-32-12-7-28(8-13-32)39(2,3)27-5-10-31(11-6-27)50-33-17-30(18-33)42-29-9-4-24-21-46(22-25(24)16-29)34-14-15-35(47)43-36(34)48/h4-13,16,19-20,30,33-34,42H,14-15,17-18,21-22H2,1-3H3,(H,43,47,48). The Bertz CT molecular complexity index is 2060. The largest absolute Gasteiger partial charge is 0.490 e. The number of aryl methyl sites for hydroxylation is 1. The summed E-state index contributed by atoms with van der Waals surface area (Å²) in [4.78, 5) is 34.6. The van der Waals surface area contributed by atoms with Gasteiger partial charge >= 0.3 is 6.01 Å². The third-order valence-electron chi connectivity index (χ3n) is 10.1. The smallest absolute Gasteiger partial charge is 0.321 e. The SMILES string of the molecule is Cc1nnc(-c2cnc(Oc3ccc(C(C)(C)c4ccc(OC5CC(Nc6ccc7c(c6)CN(C6CCC(=O)NC6=O)C7)C5)cc4)cc3)nc2)o1. The van der Waals surface area contributed by atoms with Crippen molar-refractivity contribution in [3.8, 4) is 29.0 Å². The van der Waals surface area contributed by atoms with Crippen LogP contribution in [-0.4, -0.2) is 55.1 Å². The van der Waals surface area contributed by atoms with Crippen molar-refractivity contribution in [2.24, 2.45) is 0 Å². The summed E-state index contributed by atoms with van der Waals surface area (Å²) < 4.78 is 17.6. The molecular weight excluding hydrogens is 646 g/mol. The van der Waals surface area contributed by atoms with Crippen LogP contribution in [0.1, 0.15) is 67.7 Å². The van der Waals surface area contributed by atoms with Gasteiger partial charge in [0.15, 0.2) is 0 Å². The second kappa shape index (κ2) is 13.3. The molecule has 8 rings (SSSR count). The van der Waals surface area contributed by atoms with E-state index in [1.807, 2.05) is 12.1 Å². The molecule has 1 unspecified atom stereocenters. The third kappa shape index (κ3) is 6.91. The van der Waals surface area contributed by atoms with Crippen molar-refractivity contribution in [1.29, 1.82) is 0 Å². The van der Waals surface area contributed by atoms with Gasteiger partial charge in [0.25, 0.3) is 5.89 Å². The summed E-state index contributed by atoms with van der Waals surface area (Å²) in [5.41, 5.74) is 6.28. The Morgan fingerprint density at radius 3 is 2.24 bits per heavy atom. The van der Waals surface area contributed by atoms with E-state index in [0.717, 1.165) is 42.9 Å². The number of ether oxygens (including phenoxy) is 2. The van der Waals surface area contributed by atoms with E-state index in [-0.39, 0.29) is 35.4 Å². The molecule has 1 saturated carbocycles. The first-order chi connectivity index (χ1) is 24.7. The fourth-order valence-electron chi connectivity index (χ4n) is 7.02. The van der Waals surface area contributed by atoms with Gasteiger partial charge in [-0.1, -0.05) is 44.2 Å². The molecule has 2 N–H and O–H groups in total. The lowest BCUT2D eigenvalue weighted by Gasteiger charge is -2.36. The fourth-order valence-corrected chi connectivity index (χ4v) is 7.02. The van der Waals surface area contributed by atoms with E-state index in [4.69, 9.17) is 13.9 Å². The molecule has 260 valence electrons. The summed E-state index contributed by atoms with van der Waals surface area (Å²) in [6.07, 6.45) is 6.18. The number of anilines is 1. The van der Waals surface area contributed by atoms with E-state index in [2.05, 4.69) is 104 Å². The predicted molar refractivity (Wildman–Crippen MR) is 188 cm³/mol. The molecule has 0 bridgehead atoms. The highest BCUT2D eigenvalue weighted by Gasteiger charge is 2.35. The average Bonchev–Trinajstić information content (AvgIpc) is 3.74. The number of hydrogen-bond acceptors (Lipinski definition) is 11. The van der Waals surface area contributed by atoms with E-state index >= 15 is 0 Å². The minimum absolute atomic E-state index is 0.162. The van der Waals surface area contributed by atoms with Gasteiger partial charge in [-0.2, -0.15) is 0 Å². The van der Waals surface area contributed by atoms with Gasteiger partial charge in [0.1, 0.15) is 17.6 Å². The molecule has 3 aliphatic rings. The molecule has 0 radical (unpaired) electrons. The first kappa shape index (κ1) is 32.6. The van der Waals surface area contributed by atoms with Crippen molar-refractivity contribution >= 4 is 17.5 Å². The maximum Gasteiger partial charge on any atom is 0.321 e. The zero-order valence-corrected chi connectivity index (χ0v) is 28.8. The second-order valence-electron chi connectivity index (χ2n) is 14.1. The van der Waals surface area contributed by atoms with Crippen LogP contribution >= 0.6 is 0 Å². The first-order valence-electron chi connectivity index (χ1n) is 17.3. The number of amides is 2. The Hall–Kier alpha value is -5.62. The molecule has 2 fully saturated rings. The number of imide groups is 1. The lowest BCUT2D eigenvalue weighted by atomic mass is 9.78. The summed E-state index contributed by atoms with van der Waals surface area (Å²) >= 11 is 0. The highest BCUT2D eigenvalue weighted by molar-refractivity contribution is 6.00. The fraction of sp³-hybridized carbons (Fsp3) is 0.333. The van der Waals surface area contributed by atoms with Crippen LogP contribution in [-0.2, 0) is 28.1 Å². The summed E-state index contributed by atoms with van der Waals surface area (Å²) in [5, 5.41) is 14.0. The van der Waals surface area contributed by atoms with Crippen molar-refractivity contribution < 1.29 is 23.5 Å². The van der Waals surface area contributed by atoms with Crippen LogP contribution in [0.2, 0.25) is 0 Å². The number of rotatable bonds is 10. The van der Waals surface area contributed by atoms with Crippen LogP contribution in [0.4, 0.5) is 5.69 Å². The zero-order valence-electron chi connectivity index (χ0n) is 28.8. The maximum absolute atomic E-state index is 12.4. The molecule has 2 amide bonds. The molecule has 1 atom stereocenters. The van der Waals surface area contributed by atoms with Crippen LogP contribution in [0.25, 0.3) is 11.5 Å². The van der Waals surface area contributed by atoms with Gasteiger partial charge in [-0.3, -0.25) is 19.8 Å². The number of hydrogen-bond donors (Lipinski definition) is 2. The lowest BCUT2D eigenvalue weighted by molar-refractivity contribution is -0.137. The molecule has 51 heavy (non-hydrogen) atoms. The number of carbonyl (C=O) groups excluding carboxylic acids is 2. The molecule has 12 heteroatoms. The Labute approximate surface area is 295 Å². The highest BCUT2D eigenvalue weighted by Crippen LogP contribution is 2.36. The number of carbonyl (C=O) groups is 2. The molecule has 2 aliphatic heterocycles. The van der Waals surface area contributed by atoms with Crippen LogP contribution in [0.5, 0.6) is 17.5 Å². The van der Waals surface area contributed by atoms with Gasteiger partial charge in [-0.05, 0) is 65.1 Å². The van der Waals surface area contributed by atoms with E-state index in [0.29, 0.717) is 42.0 Å². The maximum atomic E-state index is 12.4. The van der Waals surface area contributed by atoms with Crippen LogP contribution in [0, 0.1) is 6.92 Å². The average molecular weight is 686 g/mol. The third-order valence-corrected chi connectivity index (χ3v) is 10.1. The number of piperidine rings is 1. The Balaban J connectivity index is 0.811. The minimum Gasteiger partial charge on any atom is -0.490 e. The summed E-state index contributed by atoms with van der Waals surface area (Å²) in [6, 6.07) is 23.2. The molecule has 5 aromatic rings. The summed E-state index contributed by atoms with van der Waals surface area (Å²) in [6.45, 7) is 7.58. The van der Waals surface area contributed by atoms with E-state index in [1.54, 1.807) is 19.3 Å². The number of fused-ring (bicyclic) bond motifs is 1. The normalized spacial score (nSPS) is 20.3. The second-order valence-corrected chi connectivity index (χ2v) is 14.1. The number of benzene rings is 3. The molecule has 3 aromatic carbocycles. The van der Waals surface area contributed by atoms with E-state index < -0.39 is 0 Å². The molecule has 0 spiro atoms. The van der Waals surface area contributed by atoms with Crippen LogP contribution in [0.15, 0.2) is 83.5 Å². The van der Waals surface area contributed by atoms with Crippen LogP contribution < -0.4 is 20.1 Å². The molecule has 1 aliphatic carbocycles. The molecule has 12 nitrogen and oxygen atoms in total. The quantitative estimate of drug-likeness (QED) is 0.165. The van der Waals surface area contributed by atoms with E-state index in [1.165, 1.54) is 16.7 Å². The summed E-state index contributed by atoms with van der Waals surface area (Å²) in [7, 11) is 0. The lowest BCUT2D eigenvalue weighted by Crippen LogP contribution is -2.50. The van der Waals surface area contributed by atoms with Gasteiger partial charge in [0.2, 0.25) is 17.7 Å². The number of nitrogens with zero attached hydrogens (tertiary/aromatic N) is 5. The van der Waals surface area contributed by atoms with Gasteiger partial charge in [0.05, 0.1) is 11.6 Å². The topological polar surface area (TPSA) is 145 Å². The number of aromatic nitrogens is 4. The highest BCUT2D eigenvalue weighted by atomic mass is 16.5. The van der Waals surface area contributed by atoms with Crippen LogP contribution in [0.3, 0.4) is 0 Å². The molecule has 4 heterocycles. The van der Waals surface area contributed by atoms with Crippen molar-refractivity contribution in [3.05, 3.63) is 107 Å². The zero-order chi connectivity index (χ0) is 35.1. The molecular formula is C39H39N7O5. The molecule has 2 aromatic heterocycles. The minimum atomic E-state index is -0.246. The number of nitrogens with one attached hydrogen (secondary N) is 2. The van der Waals surface area contributed by atoms with Crippen molar-refractivity contribution in [2.75, 3.05) is 5.32 Å². The van der Waals surface area contributed by atoms with Crippen molar-refractivity contribution in [3.63, 3.8) is 0 Å². The monoisotopic (exact) mass is 685 g/mol. The van der Waals surface area contributed by atoms with Gasteiger partial charge in [-0.15, -0.1) is 10.2 Å². The molecule has 1 saturated heterocycles. The first-order valence-corrected chi connectivity index (χ1v) is 17.3. The predicted octanol–water partition coefficient (Wildman–Crippen LogP) is 6.10. The summed E-state index contributed by atoms with van der Waals surface area (Å²) in [5.74, 6) is 1.99. The Morgan fingerprint density at radius 1 is 0.882 bits per heavy atom. The van der Waals surface area contributed by atoms with Gasteiger partial charge in [-0.25, -0.2) is 9.97 Å². The van der Waals surface area contributed by atoms with Crippen molar-refractivity contribution in [2.45, 2.75) is 83.1 Å². The Kier molecular flexibility index (Phi) is 8.47. The van der Waals surface area contributed by atoms with Crippen molar-refractivity contribution in [1.82, 2.24) is 30.4 Å².